The van der Waals surface area contributed by atoms with Gasteiger partial charge in [0.1, 0.15) is 12.1 Å². The molecule has 0 saturated carbocycles. The molecule has 0 spiro atoms. The quantitative estimate of drug-likeness (QED) is 0.698. The topological polar surface area (TPSA) is 78.0 Å². The number of amides is 1. The van der Waals surface area contributed by atoms with E-state index in [-0.39, 0.29) is 12.5 Å². The van der Waals surface area contributed by atoms with Crippen LogP contribution in [0.5, 0.6) is 0 Å². The lowest BCUT2D eigenvalue weighted by molar-refractivity contribution is -0.131. The average Bonchev–Trinajstić information content (AvgIpc) is 2.98. The molecule has 7 heteroatoms. The number of nitrogens with zero attached hydrogens (tertiary/aromatic N) is 6. The number of rotatable bonds is 4. The fourth-order valence-corrected chi connectivity index (χ4v) is 3.58. The molecule has 2 heterocycles. The van der Waals surface area contributed by atoms with Crippen molar-refractivity contribution in [2.24, 2.45) is 0 Å². The molecule has 2 aromatic carbocycles. The van der Waals surface area contributed by atoms with Gasteiger partial charge in [-0.25, -0.2) is 4.68 Å². The van der Waals surface area contributed by atoms with E-state index in [1.807, 2.05) is 53.4 Å². The Kier molecular flexibility index (Phi) is 5.31. The number of benzene rings is 2. The highest BCUT2D eigenvalue weighted by Gasteiger charge is 2.20. The molecule has 4 rings (SSSR count). The van der Waals surface area contributed by atoms with Gasteiger partial charge in [-0.15, -0.1) is 5.10 Å². The Hall–Kier alpha value is -3.24. The van der Waals surface area contributed by atoms with E-state index in [4.69, 9.17) is 5.26 Å². The molecule has 1 aliphatic heterocycles. The van der Waals surface area contributed by atoms with Crippen molar-refractivity contribution >= 4 is 16.9 Å². The Bertz CT molecular complexity index is 1000. The minimum Gasteiger partial charge on any atom is -0.340 e. The monoisotopic (exact) mass is 374 g/mol. The van der Waals surface area contributed by atoms with Gasteiger partial charge in [0.2, 0.25) is 5.91 Å². The number of hydrogen-bond donors (Lipinski definition) is 0. The van der Waals surface area contributed by atoms with E-state index in [9.17, 15) is 4.79 Å². The number of aromatic nitrogens is 3. The lowest BCUT2D eigenvalue weighted by Crippen LogP contribution is -2.37. The first-order valence-electron chi connectivity index (χ1n) is 9.50. The summed E-state index contributed by atoms with van der Waals surface area (Å²) in [5.74, 6) is 0.0795. The van der Waals surface area contributed by atoms with Crippen LogP contribution < -0.4 is 0 Å². The smallest absolute Gasteiger partial charge is 0.244 e. The lowest BCUT2D eigenvalue weighted by Gasteiger charge is -2.22. The van der Waals surface area contributed by atoms with Crippen molar-refractivity contribution < 1.29 is 4.79 Å². The maximum Gasteiger partial charge on any atom is 0.244 e. The molecule has 1 aliphatic rings. The third-order valence-corrected chi connectivity index (χ3v) is 5.14. The Balaban J connectivity index is 1.35. The first-order chi connectivity index (χ1) is 13.7. The maximum absolute atomic E-state index is 12.8. The van der Waals surface area contributed by atoms with Crippen molar-refractivity contribution in [3.05, 3.63) is 59.7 Å². The molecule has 7 nitrogen and oxygen atoms in total. The molecule has 0 unspecified atom stereocenters. The molecule has 1 aromatic heterocycles. The molecule has 0 aliphatic carbocycles. The second-order valence-corrected chi connectivity index (χ2v) is 7.06. The van der Waals surface area contributed by atoms with Gasteiger partial charge < -0.3 is 4.90 Å². The molecule has 1 fully saturated rings. The van der Waals surface area contributed by atoms with Gasteiger partial charge in [0.15, 0.2) is 0 Å². The second kappa shape index (κ2) is 8.19. The van der Waals surface area contributed by atoms with Gasteiger partial charge in [-0.2, -0.15) is 5.26 Å². The van der Waals surface area contributed by atoms with Gasteiger partial charge in [0, 0.05) is 32.7 Å². The van der Waals surface area contributed by atoms with Gasteiger partial charge in [0.05, 0.1) is 17.1 Å². The van der Waals surface area contributed by atoms with E-state index < -0.39 is 0 Å². The minimum absolute atomic E-state index is 0.0795. The summed E-state index contributed by atoms with van der Waals surface area (Å²) in [6.07, 6.45) is 0.945. The summed E-state index contributed by atoms with van der Waals surface area (Å²) in [6, 6.07) is 17.5. The highest BCUT2D eigenvalue weighted by Crippen LogP contribution is 2.13. The van der Waals surface area contributed by atoms with Crippen LogP contribution in [0.15, 0.2) is 48.5 Å². The fourth-order valence-electron chi connectivity index (χ4n) is 3.58. The highest BCUT2D eigenvalue weighted by atomic mass is 16.2. The summed E-state index contributed by atoms with van der Waals surface area (Å²) in [7, 11) is 0. The largest absolute Gasteiger partial charge is 0.340 e. The molecule has 1 amide bonds. The van der Waals surface area contributed by atoms with Crippen LogP contribution in [0.25, 0.3) is 11.0 Å². The Labute approximate surface area is 163 Å². The van der Waals surface area contributed by atoms with Crippen LogP contribution in [-0.4, -0.2) is 56.9 Å². The molecule has 0 atom stereocenters. The van der Waals surface area contributed by atoms with E-state index in [0.29, 0.717) is 12.1 Å². The normalized spacial score (nSPS) is 15.3. The van der Waals surface area contributed by atoms with Crippen molar-refractivity contribution in [3.8, 4) is 6.07 Å². The van der Waals surface area contributed by atoms with Crippen LogP contribution in [0.2, 0.25) is 0 Å². The molecular formula is C21H22N6O. The fraction of sp³-hybridized carbons (Fsp3) is 0.333. The Morgan fingerprint density at radius 2 is 1.86 bits per heavy atom. The number of fused-ring (bicyclic) bond motifs is 1. The number of carbonyl (C=O) groups excluding carboxylic acids is 1. The third-order valence-electron chi connectivity index (χ3n) is 5.14. The summed E-state index contributed by atoms with van der Waals surface area (Å²) >= 11 is 0. The molecule has 142 valence electrons. The van der Waals surface area contributed by atoms with Crippen LogP contribution in [0.3, 0.4) is 0 Å². The van der Waals surface area contributed by atoms with Gasteiger partial charge in [-0.1, -0.05) is 29.5 Å². The Morgan fingerprint density at radius 1 is 1.04 bits per heavy atom. The first-order valence-corrected chi connectivity index (χ1v) is 9.50. The summed E-state index contributed by atoms with van der Waals surface area (Å²) in [5.41, 5.74) is 3.55. The standard InChI is InChI=1S/C21H22N6O/c22-14-17-6-8-18(9-7-17)15-25-10-3-11-26(13-12-25)21(28)16-27-20-5-2-1-4-19(20)23-24-27/h1-2,4-9H,3,10-13,15-16H2. The SMILES string of the molecule is N#Cc1ccc(CN2CCCN(C(=O)Cn3nnc4ccccc43)CC2)cc1. The van der Waals surface area contributed by atoms with Crippen LogP contribution in [0.1, 0.15) is 17.5 Å². The number of carbonyl (C=O) groups is 1. The Morgan fingerprint density at radius 3 is 2.68 bits per heavy atom. The summed E-state index contributed by atoms with van der Waals surface area (Å²) in [4.78, 5) is 17.1. The highest BCUT2D eigenvalue weighted by molar-refractivity contribution is 5.79. The number of hydrogen-bond acceptors (Lipinski definition) is 5. The van der Waals surface area contributed by atoms with E-state index in [1.165, 1.54) is 5.56 Å². The zero-order chi connectivity index (χ0) is 19.3. The van der Waals surface area contributed by atoms with Crippen LogP contribution in [-0.2, 0) is 17.9 Å². The molecule has 0 N–H and O–H groups in total. The van der Waals surface area contributed by atoms with Crippen LogP contribution >= 0.6 is 0 Å². The molecule has 1 saturated heterocycles. The van der Waals surface area contributed by atoms with E-state index in [1.54, 1.807) is 4.68 Å². The van der Waals surface area contributed by atoms with E-state index in [0.717, 1.165) is 43.6 Å². The van der Waals surface area contributed by atoms with Crippen LogP contribution in [0, 0.1) is 11.3 Å². The van der Waals surface area contributed by atoms with Crippen molar-refractivity contribution in [2.75, 3.05) is 26.2 Å². The molecule has 28 heavy (non-hydrogen) atoms. The molecule has 0 bridgehead atoms. The summed E-state index contributed by atoms with van der Waals surface area (Å²) < 4.78 is 1.68. The first kappa shape index (κ1) is 18.1. The average molecular weight is 374 g/mol. The summed E-state index contributed by atoms with van der Waals surface area (Å²) in [6.45, 7) is 4.31. The molecular weight excluding hydrogens is 352 g/mol. The van der Waals surface area contributed by atoms with Gasteiger partial charge in [0.25, 0.3) is 0 Å². The lowest BCUT2D eigenvalue weighted by atomic mass is 10.1. The number of para-hydroxylation sites is 1. The van der Waals surface area contributed by atoms with E-state index >= 15 is 0 Å². The molecule has 0 radical (unpaired) electrons. The second-order valence-electron chi connectivity index (χ2n) is 7.06. The van der Waals surface area contributed by atoms with Crippen molar-refractivity contribution in [1.29, 1.82) is 5.26 Å². The predicted octanol–water partition coefficient (Wildman–Crippen LogP) is 2.04. The zero-order valence-electron chi connectivity index (χ0n) is 15.7. The van der Waals surface area contributed by atoms with Gasteiger partial charge in [-0.05, 0) is 36.2 Å². The zero-order valence-corrected chi connectivity index (χ0v) is 15.7. The van der Waals surface area contributed by atoms with Gasteiger partial charge >= 0.3 is 0 Å². The third kappa shape index (κ3) is 4.02. The maximum atomic E-state index is 12.8. The minimum atomic E-state index is 0.0795. The van der Waals surface area contributed by atoms with Crippen LogP contribution in [0.4, 0.5) is 0 Å². The summed E-state index contributed by atoms with van der Waals surface area (Å²) in [5, 5.41) is 17.2. The van der Waals surface area contributed by atoms with Crippen molar-refractivity contribution in [2.45, 2.75) is 19.5 Å². The van der Waals surface area contributed by atoms with Crippen molar-refractivity contribution in [3.63, 3.8) is 0 Å². The van der Waals surface area contributed by atoms with Gasteiger partial charge in [-0.3, -0.25) is 9.69 Å². The van der Waals surface area contributed by atoms with Crippen molar-refractivity contribution in [1.82, 2.24) is 24.8 Å². The molecule has 3 aromatic rings. The predicted molar refractivity (Wildman–Crippen MR) is 105 cm³/mol. The van der Waals surface area contributed by atoms with E-state index in [2.05, 4.69) is 21.3 Å². The number of nitriles is 1.